The molecule has 0 fully saturated rings. The zero-order valence-electron chi connectivity index (χ0n) is 10.7. The minimum atomic E-state index is 0.394. The van der Waals surface area contributed by atoms with Gasteiger partial charge in [-0.25, -0.2) is 0 Å². The van der Waals surface area contributed by atoms with Crippen molar-refractivity contribution in [1.82, 2.24) is 10.2 Å². The summed E-state index contributed by atoms with van der Waals surface area (Å²) in [5.41, 5.74) is 8.78. The molecule has 17 heavy (non-hydrogen) atoms. The SMILES string of the molecule is CCCNc1nnc(CC)c(CC)c1C(N)=S. The first kappa shape index (κ1) is 13.8. The van der Waals surface area contributed by atoms with E-state index >= 15 is 0 Å². The average molecular weight is 252 g/mol. The molecule has 1 aromatic rings. The van der Waals surface area contributed by atoms with Gasteiger partial charge in [0.1, 0.15) is 4.99 Å². The smallest absolute Gasteiger partial charge is 0.159 e. The van der Waals surface area contributed by atoms with Crippen molar-refractivity contribution < 1.29 is 0 Å². The second kappa shape index (κ2) is 6.49. The van der Waals surface area contributed by atoms with E-state index in [1.165, 1.54) is 0 Å². The highest BCUT2D eigenvalue weighted by atomic mass is 32.1. The third-order valence-corrected chi connectivity index (χ3v) is 2.84. The Morgan fingerprint density at radius 2 is 1.94 bits per heavy atom. The number of nitrogens with one attached hydrogen (secondary N) is 1. The number of hydrogen-bond donors (Lipinski definition) is 2. The van der Waals surface area contributed by atoms with Crippen molar-refractivity contribution in [2.24, 2.45) is 5.73 Å². The van der Waals surface area contributed by atoms with Crippen LogP contribution in [0.5, 0.6) is 0 Å². The molecule has 0 saturated carbocycles. The Kier molecular flexibility index (Phi) is 5.28. The van der Waals surface area contributed by atoms with Crippen molar-refractivity contribution in [2.75, 3.05) is 11.9 Å². The third kappa shape index (κ3) is 3.12. The van der Waals surface area contributed by atoms with Crippen LogP contribution < -0.4 is 11.1 Å². The van der Waals surface area contributed by atoms with Gasteiger partial charge in [-0.05, 0) is 24.8 Å². The molecule has 0 aromatic carbocycles. The lowest BCUT2D eigenvalue weighted by Crippen LogP contribution is -2.20. The van der Waals surface area contributed by atoms with E-state index in [9.17, 15) is 0 Å². The van der Waals surface area contributed by atoms with Gasteiger partial charge in [-0.1, -0.05) is 33.0 Å². The topological polar surface area (TPSA) is 63.8 Å². The van der Waals surface area contributed by atoms with Crippen LogP contribution in [0.4, 0.5) is 5.82 Å². The van der Waals surface area contributed by atoms with E-state index in [1.54, 1.807) is 0 Å². The maximum absolute atomic E-state index is 5.81. The van der Waals surface area contributed by atoms with Crippen molar-refractivity contribution >= 4 is 23.0 Å². The fourth-order valence-corrected chi connectivity index (χ4v) is 2.03. The van der Waals surface area contributed by atoms with Crippen molar-refractivity contribution in [3.05, 3.63) is 16.8 Å². The summed E-state index contributed by atoms with van der Waals surface area (Å²) in [6.07, 6.45) is 2.74. The van der Waals surface area contributed by atoms with Crippen LogP contribution in [-0.2, 0) is 12.8 Å². The molecule has 5 heteroatoms. The molecule has 0 bridgehead atoms. The summed E-state index contributed by atoms with van der Waals surface area (Å²) in [7, 11) is 0. The molecule has 0 radical (unpaired) electrons. The lowest BCUT2D eigenvalue weighted by molar-refractivity contribution is 0.864. The Labute approximate surface area is 108 Å². The summed E-state index contributed by atoms with van der Waals surface area (Å²) < 4.78 is 0. The first-order valence-electron chi connectivity index (χ1n) is 6.07. The molecule has 0 aliphatic carbocycles. The molecule has 1 heterocycles. The Morgan fingerprint density at radius 3 is 2.41 bits per heavy atom. The summed E-state index contributed by atoms with van der Waals surface area (Å²) in [5.74, 6) is 0.716. The van der Waals surface area contributed by atoms with Crippen LogP contribution in [0.3, 0.4) is 0 Å². The van der Waals surface area contributed by atoms with Gasteiger partial charge in [-0.2, -0.15) is 5.10 Å². The van der Waals surface area contributed by atoms with Gasteiger partial charge in [0.05, 0.1) is 11.3 Å². The Morgan fingerprint density at radius 1 is 1.24 bits per heavy atom. The third-order valence-electron chi connectivity index (χ3n) is 2.63. The van der Waals surface area contributed by atoms with Crippen molar-refractivity contribution in [3.8, 4) is 0 Å². The highest BCUT2D eigenvalue weighted by Crippen LogP contribution is 2.20. The Hall–Kier alpha value is -1.23. The van der Waals surface area contributed by atoms with Gasteiger partial charge in [0.15, 0.2) is 5.82 Å². The number of aryl methyl sites for hydroxylation is 1. The lowest BCUT2D eigenvalue weighted by Gasteiger charge is -2.15. The fourth-order valence-electron chi connectivity index (χ4n) is 1.81. The zero-order chi connectivity index (χ0) is 12.8. The van der Waals surface area contributed by atoms with Gasteiger partial charge >= 0.3 is 0 Å². The molecule has 0 spiro atoms. The molecular formula is C12H20N4S. The van der Waals surface area contributed by atoms with Crippen LogP contribution in [0, 0.1) is 0 Å². The number of hydrogen-bond acceptors (Lipinski definition) is 4. The normalized spacial score (nSPS) is 10.3. The molecule has 1 aromatic heterocycles. The van der Waals surface area contributed by atoms with Crippen LogP contribution in [0.25, 0.3) is 0 Å². The minimum absolute atomic E-state index is 0.394. The summed E-state index contributed by atoms with van der Waals surface area (Å²) >= 11 is 5.13. The van der Waals surface area contributed by atoms with Crippen LogP contribution in [0.1, 0.15) is 44.0 Å². The summed E-state index contributed by atoms with van der Waals surface area (Å²) in [4.78, 5) is 0.394. The second-order valence-corrected chi connectivity index (χ2v) is 4.29. The van der Waals surface area contributed by atoms with E-state index in [0.717, 1.165) is 42.6 Å². The monoisotopic (exact) mass is 252 g/mol. The number of aromatic nitrogens is 2. The molecule has 0 aliphatic heterocycles. The number of anilines is 1. The highest BCUT2D eigenvalue weighted by Gasteiger charge is 2.15. The predicted octanol–water partition coefficient (Wildman–Crippen LogP) is 2.06. The molecule has 1 rings (SSSR count). The van der Waals surface area contributed by atoms with Crippen LogP contribution in [0.15, 0.2) is 0 Å². The van der Waals surface area contributed by atoms with Crippen LogP contribution >= 0.6 is 12.2 Å². The molecule has 0 atom stereocenters. The van der Waals surface area contributed by atoms with E-state index in [0.29, 0.717) is 10.8 Å². The van der Waals surface area contributed by atoms with Gasteiger partial charge in [-0.3, -0.25) is 0 Å². The average Bonchev–Trinajstić information content (AvgIpc) is 2.34. The fraction of sp³-hybridized carbons (Fsp3) is 0.583. The summed E-state index contributed by atoms with van der Waals surface area (Å²) in [6.45, 7) is 7.09. The lowest BCUT2D eigenvalue weighted by atomic mass is 10.0. The van der Waals surface area contributed by atoms with E-state index in [2.05, 4.69) is 36.3 Å². The van der Waals surface area contributed by atoms with Gasteiger partial charge < -0.3 is 11.1 Å². The molecule has 0 amide bonds. The molecule has 0 saturated heterocycles. The van der Waals surface area contributed by atoms with Crippen molar-refractivity contribution in [3.63, 3.8) is 0 Å². The predicted molar refractivity (Wildman–Crippen MR) is 75.5 cm³/mol. The van der Waals surface area contributed by atoms with E-state index in [1.807, 2.05) is 0 Å². The largest absolute Gasteiger partial charge is 0.389 e. The van der Waals surface area contributed by atoms with E-state index in [-0.39, 0.29) is 0 Å². The second-order valence-electron chi connectivity index (χ2n) is 3.85. The Balaban J connectivity index is 3.26. The molecule has 4 nitrogen and oxygen atoms in total. The maximum Gasteiger partial charge on any atom is 0.159 e. The maximum atomic E-state index is 5.81. The van der Waals surface area contributed by atoms with Gasteiger partial charge in [0, 0.05) is 6.54 Å². The number of thiocarbonyl (C=S) groups is 1. The molecule has 0 aliphatic rings. The number of nitrogens with zero attached hydrogens (tertiary/aromatic N) is 2. The quantitative estimate of drug-likeness (QED) is 0.759. The van der Waals surface area contributed by atoms with Crippen LogP contribution in [-0.4, -0.2) is 21.7 Å². The van der Waals surface area contributed by atoms with Gasteiger partial charge in [-0.15, -0.1) is 5.10 Å². The standard InChI is InChI=1S/C12H20N4S/c1-4-7-14-12-10(11(13)17)8(5-2)9(6-3)15-16-12/h4-7H2,1-3H3,(H2,13,17)(H,14,16). The van der Waals surface area contributed by atoms with Gasteiger partial charge in [0.2, 0.25) is 0 Å². The minimum Gasteiger partial charge on any atom is -0.389 e. The first-order chi connectivity index (χ1) is 8.15. The number of rotatable bonds is 6. The summed E-state index contributed by atoms with van der Waals surface area (Å²) in [6, 6.07) is 0. The van der Waals surface area contributed by atoms with Crippen molar-refractivity contribution in [1.29, 1.82) is 0 Å². The van der Waals surface area contributed by atoms with Crippen LogP contribution in [0.2, 0.25) is 0 Å². The number of nitrogens with two attached hydrogens (primary N) is 1. The van der Waals surface area contributed by atoms with Crippen molar-refractivity contribution in [2.45, 2.75) is 40.0 Å². The summed E-state index contributed by atoms with van der Waals surface area (Å²) in [5, 5.41) is 11.7. The first-order valence-corrected chi connectivity index (χ1v) is 6.48. The molecular weight excluding hydrogens is 232 g/mol. The Bertz CT molecular complexity index is 404. The van der Waals surface area contributed by atoms with Gasteiger partial charge in [0.25, 0.3) is 0 Å². The van der Waals surface area contributed by atoms with E-state index in [4.69, 9.17) is 18.0 Å². The van der Waals surface area contributed by atoms with E-state index < -0.39 is 0 Å². The molecule has 94 valence electrons. The molecule has 3 N–H and O–H groups in total. The zero-order valence-corrected chi connectivity index (χ0v) is 11.5. The highest BCUT2D eigenvalue weighted by molar-refractivity contribution is 7.80. The molecule has 0 unspecified atom stereocenters.